The van der Waals surface area contributed by atoms with Crippen molar-refractivity contribution in [3.05, 3.63) is 59.3 Å². The van der Waals surface area contributed by atoms with Crippen LogP contribution in [-0.2, 0) is 0 Å². The Morgan fingerprint density at radius 2 is 1.68 bits per heavy atom. The second kappa shape index (κ2) is 13.5. The first kappa shape index (κ1) is 25.4. The van der Waals surface area contributed by atoms with E-state index >= 15 is 0 Å². The van der Waals surface area contributed by atoms with Crippen LogP contribution in [0.25, 0.3) is 5.57 Å². The van der Waals surface area contributed by atoms with Gasteiger partial charge in [-0.05, 0) is 75.4 Å². The number of benzene rings is 1. The SMILES string of the molecule is CCC\C=C(C(=C/N=C(C)Cl)/C(C)=C/CCC)\c1ccc(OC2CCN(C)CC2)cc1. The second-order valence-electron chi connectivity index (χ2n) is 8.40. The van der Waals surface area contributed by atoms with Gasteiger partial charge in [0.2, 0.25) is 0 Å². The summed E-state index contributed by atoms with van der Waals surface area (Å²) < 4.78 is 6.25. The summed E-state index contributed by atoms with van der Waals surface area (Å²) in [5.41, 5.74) is 4.75. The number of nitrogens with zero attached hydrogens (tertiary/aromatic N) is 2. The van der Waals surface area contributed by atoms with Crippen molar-refractivity contribution in [2.75, 3.05) is 20.1 Å². The van der Waals surface area contributed by atoms with Crippen molar-refractivity contribution in [1.82, 2.24) is 4.90 Å². The minimum Gasteiger partial charge on any atom is -0.490 e. The Hall–Kier alpha value is -1.84. The number of ether oxygens (including phenoxy) is 1. The van der Waals surface area contributed by atoms with E-state index in [9.17, 15) is 0 Å². The molecule has 0 atom stereocenters. The standard InChI is InChI=1S/C27H39ClN2O/c1-6-8-10-21(3)27(20-29-22(4)28)26(11-9-7-2)23-12-14-24(15-13-23)31-25-16-18-30(5)19-17-25/h10-15,20,25H,6-9,16-19H2,1-5H3/b21-10+,26-11-,27-20+,29-22?. The van der Waals surface area contributed by atoms with E-state index < -0.39 is 0 Å². The number of hydrogen-bond acceptors (Lipinski definition) is 3. The van der Waals surface area contributed by atoms with Gasteiger partial charge in [-0.25, -0.2) is 4.99 Å². The van der Waals surface area contributed by atoms with E-state index in [1.807, 2.05) is 13.1 Å². The van der Waals surface area contributed by atoms with Gasteiger partial charge in [-0.15, -0.1) is 0 Å². The molecule has 1 aliphatic rings. The Kier molecular flexibility index (Phi) is 11.1. The van der Waals surface area contributed by atoms with E-state index in [2.05, 4.69) is 74.1 Å². The van der Waals surface area contributed by atoms with Crippen LogP contribution >= 0.6 is 11.6 Å². The van der Waals surface area contributed by atoms with Gasteiger partial charge >= 0.3 is 0 Å². The number of rotatable bonds is 10. The fraction of sp³-hybridized carbons (Fsp3) is 0.519. The highest BCUT2D eigenvalue weighted by atomic mass is 35.5. The lowest BCUT2D eigenvalue weighted by molar-refractivity contribution is 0.114. The first-order valence-corrected chi connectivity index (χ1v) is 12.1. The molecule has 0 bridgehead atoms. The summed E-state index contributed by atoms with van der Waals surface area (Å²) in [6.07, 6.45) is 13.3. The minimum absolute atomic E-state index is 0.313. The van der Waals surface area contributed by atoms with E-state index in [1.165, 1.54) is 16.7 Å². The fourth-order valence-electron chi connectivity index (χ4n) is 3.69. The Labute approximate surface area is 194 Å². The molecule has 1 aromatic rings. The summed E-state index contributed by atoms with van der Waals surface area (Å²) in [6, 6.07) is 8.55. The maximum atomic E-state index is 6.25. The zero-order chi connectivity index (χ0) is 22.6. The zero-order valence-electron chi connectivity index (χ0n) is 20.0. The molecule has 0 aromatic heterocycles. The summed E-state index contributed by atoms with van der Waals surface area (Å²) in [6.45, 7) is 10.6. The maximum Gasteiger partial charge on any atom is 0.119 e. The summed E-state index contributed by atoms with van der Waals surface area (Å²) >= 11 is 6.06. The van der Waals surface area contributed by atoms with Crippen LogP contribution in [0.4, 0.5) is 0 Å². The van der Waals surface area contributed by atoms with Gasteiger partial charge < -0.3 is 9.64 Å². The number of aliphatic imine (C=N–C) groups is 1. The third-order valence-corrected chi connectivity index (χ3v) is 5.69. The molecule has 170 valence electrons. The lowest BCUT2D eigenvalue weighted by Crippen LogP contribution is -2.35. The van der Waals surface area contributed by atoms with Crippen LogP contribution in [-0.4, -0.2) is 36.3 Å². The van der Waals surface area contributed by atoms with E-state index in [-0.39, 0.29) is 0 Å². The van der Waals surface area contributed by atoms with E-state index in [0.717, 1.165) is 62.9 Å². The molecule has 3 nitrogen and oxygen atoms in total. The van der Waals surface area contributed by atoms with Gasteiger partial charge in [0.15, 0.2) is 0 Å². The first-order valence-electron chi connectivity index (χ1n) is 11.7. The number of hydrogen-bond donors (Lipinski definition) is 0. The number of piperidine rings is 1. The molecule has 1 aliphatic heterocycles. The molecule has 1 saturated heterocycles. The number of unbranched alkanes of at least 4 members (excludes halogenated alkanes) is 2. The molecule has 0 amide bonds. The molecule has 0 N–H and O–H groups in total. The van der Waals surface area contributed by atoms with E-state index in [4.69, 9.17) is 16.3 Å². The van der Waals surface area contributed by atoms with Gasteiger partial charge in [0.05, 0.1) is 0 Å². The lowest BCUT2D eigenvalue weighted by Gasteiger charge is -2.29. The number of allylic oxidation sites excluding steroid dienone is 5. The molecular formula is C27H39ClN2O. The monoisotopic (exact) mass is 442 g/mol. The highest BCUT2D eigenvalue weighted by Gasteiger charge is 2.18. The molecule has 2 rings (SSSR count). The van der Waals surface area contributed by atoms with Crippen LogP contribution in [0.3, 0.4) is 0 Å². The average molecular weight is 443 g/mol. The summed E-state index contributed by atoms with van der Waals surface area (Å²) in [4.78, 5) is 6.78. The summed E-state index contributed by atoms with van der Waals surface area (Å²) in [5, 5.41) is 0.539. The molecule has 4 heteroatoms. The number of halogens is 1. The first-order chi connectivity index (χ1) is 14.9. The Morgan fingerprint density at radius 3 is 2.26 bits per heavy atom. The third kappa shape index (κ3) is 8.66. The molecule has 0 spiro atoms. The molecule has 31 heavy (non-hydrogen) atoms. The topological polar surface area (TPSA) is 24.8 Å². The zero-order valence-corrected chi connectivity index (χ0v) is 20.7. The molecule has 1 aromatic carbocycles. The normalized spacial score (nSPS) is 17.9. The Bertz CT molecular complexity index is 793. The molecular weight excluding hydrogens is 404 g/mol. The van der Waals surface area contributed by atoms with Gasteiger partial charge in [-0.1, -0.05) is 62.6 Å². The van der Waals surface area contributed by atoms with Crippen molar-refractivity contribution < 1.29 is 4.74 Å². The highest BCUT2D eigenvalue weighted by Crippen LogP contribution is 2.31. The van der Waals surface area contributed by atoms with Crippen LogP contribution in [0, 0.1) is 0 Å². The predicted octanol–water partition coefficient (Wildman–Crippen LogP) is 7.63. The van der Waals surface area contributed by atoms with Crippen LogP contribution < -0.4 is 4.74 Å². The van der Waals surface area contributed by atoms with E-state index in [1.54, 1.807) is 0 Å². The van der Waals surface area contributed by atoms with Crippen LogP contribution in [0.15, 0.2) is 58.8 Å². The van der Waals surface area contributed by atoms with Gasteiger partial charge in [-0.3, -0.25) is 0 Å². The van der Waals surface area contributed by atoms with Gasteiger partial charge in [0, 0.05) is 24.9 Å². The summed E-state index contributed by atoms with van der Waals surface area (Å²) in [7, 11) is 2.17. The van der Waals surface area contributed by atoms with Crippen LogP contribution in [0.5, 0.6) is 5.75 Å². The van der Waals surface area contributed by atoms with Crippen LogP contribution in [0.1, 0.15) is 71.8 Å². The van der Waals surface area contributed by atoms with Gasteiger partial charge in [0.1, 0.15) is 17.0 Å². The maximum absolute atomic E-state index is 6.25. The summed E-state index contributed by atoms with van der Waals surface area (Å²) in [5.74, 6) is 0.951. The Morgan fingerprint density at radius 1 is 1.06 bits per heavy atom. The van der Waals surface area contributed by atoms with Crippen molar-refractivity contribution >= 4 is 22.3 Å². The van der Waals surface area contributed by atoms with Crippen molar-refractivity contribution in [2.45, 2.75) is 72.3 Å². The van der Waals surface area contributed by atoms with Gasteiger partial charge in [0.25, 0.3) is 0 Å². The fourth-order valence-corrected chi connectivity index (χ4v) is 3.74. The Balaban J connectivity index is 2.30. The average Bonchev–Trinajstić information content (AvgIpc) is 2.76. The van der Waals surface area contributed by atoms with Crippen molar-refractivity contribution in [3.63, 3.8) is 0 Å². The largest absolute Gasteiger partial charge is 0.490 e. The molecule has 1 fully saturated rings. The smallest absolute Gasteiger partial charge is 0.119 e. The molecule has 1 heterocycles. The second-order valence-corrected chi connectivity index (χ2v) is 8.94. The molecule has 0 aliphatic carbocycles. The highest BCUT2D eigenvalue weighted by molar-refractivity contribution is 6.64. The molecule has 0 unspecified atom stereocenters. The van der Waals surface area contributed by atoms with Crippen molar-refractivity contribution in [2.24, 2.45) is 4.99 Å². The molecule has 0 saturated carbocycles. The van der Waals surface area contributed by atoms with Crippen LogP contribution in [0.2, 0.25) is 0 Å². The number of likely N-dealkylation sites (tertiary alicyclic amines) is 1. The lowest BCUT2D eigenvalue weighted by atomic mass is 9.91. The van der Waals surface area contributed by atoms with E-state index in [0.29, 0.717) is 11.3 Å². The predicted molar refractivity (Wildman–Crippen MR) is 136 cm³/mol. The van der Waals surface area contributed by atoms with Crippen molar-refractivity contribution in [1.29, 1.82) is 0 Å². The van der Waals surface area contributed by atoms with Gasteiger partial charge in [-0.2, -0.15) is 0 Å². The minimum atomic E-state index is 0.313. The third-order valence-electron chi connectivity index (χ3n) is 5.60. The quantitative estimate of drug-likeness (QED) is 0.275. The molecule has 0 radical (unpaired) electrons. The van der Waals surface area contributed by atoms with Crippen molar-refractivity contribution in [3.8, 4) is 5.75 Å².